The van der Waals surface area contributed by atoms with Crippen LogP contribution in [0.5, 0.6) is 0 Å². The molecule has 3 aromatic rings. The quantitative estimate of drug-likeness (QED) is 0.417. The summed E-state index contributed by atoms with van der Waals surface area (Å²) in [6, 6.07) is 3.15. The Hall–Kier alpha value is -3.01. The lowest BCUT2D eigenvalue weighted by molar-refractivity contribution is 0.0524. The minimum atomic E-state index is -0.932. The van der Waals surface area contributed by atoms with Crippen molar-refractivity contribution in [3.05, 3.63) is 68.0 Å². The summed E-state index contributed by atoms with van der Waals surface area (Å²) in [5, 5.41) is 9.34. The maximum atomic E-state index is 14.5. The third kappa shape index (κ3) is 3.51. The van der Waals surface area contributed by atoms with E-state index in [0.29, 0.717) is 0 Å². The molecule has 0 atom stereocenters. The van der Waals surface area contributed by atoms with Crippen molar-refractivity contribution in [1.82, 2.24) is 4.57 Å². The summed E-state index contributed by atoms with van der Waals surface area (Å²) < 4.78 is 34.6. The first kappa shape index (κ1) is 21.7. The number of pyridine rings is 1. The molecule has 158 valence electrons. The number of ether oxygens (including phenoxy) is 1. The van der Waals surface area contributed by atoms with E-state index in [-0.39, 0.29) is 51.6 Å². The van der Waals surface area contributed by atoms with Crippen LogP contribution < -0.4 is 16.9 Å². The van der Waals surface area contributed by atoms with Crippen LogP contribution in [-0.4, -0.2) is 22.2 Å². The van der Waals surface area contributed by atoms with Crippen LogP contribution in [0.15, 0.2) is 29.2 Å². The lowest BCUT2D eigenvalue weighted by Gasteiger charge is -2.19. The van der Waals surface area contributed by atoms with Gasteiger partial charge in [0.15, 0.2) is 0 Å². The molecule has 0 saturated carbocycles. The van der Waals surface area contributed by atoms with E-state index in [0.717, 1.165) is 18.3 Å². The second-order valence-corrected chi connectivity index (χ2v) is 6.75. The highest BCUT2D eigenvalue weighted by atomic mass is 35.5. The van der Waals surface area contributed by atoms with Gasteiger partial charge in [0.25, 0.3) is 0 Å². The maximum absolute atomic E-state index is 14.5. The topological polar surface area (TPSA) is 121 Å². The number of nitrogens with zero attached hydrogens (tertiary/aromatic N) is 1. The molecule has 0 bridgehead atoms. The van der Waals surface area contributed by atoms with Gasteiger partial charge in [-0.25, -0.2) is 13.6 Å². The molecule has 0 radical (unpaired) electrons. The molecule has 30 heavy (non-hydrogen) atoms. The first-order valence-corrected chi connectivity index (χ1v) is 9.25. The van der Waals surface area contributed by atoms with Crippen molar-refractivity contribution >= 4 is 34.2 Å². The highest BCUT2D eigenvalue weighted by Crippen LogP contribution is 2.32. The molecule has 3 rings (SSSR count). The minimum absolute atomic E-state index is 0.00290. The van der Waals surface area contributed by atoms with E-state index in [1.54, 1.807) is 6.92 Å². The standard InChI is InChI=1S/C20H18ClF2N3O4/c1-2-30-20(29)12-7-26(16-5-15(25)14(23)3-9(16)8-27)18-10(19(12)28)4-13(22)11(6-24)17(18)21/h3-5,7,27H,2,6,8,24-25H2,1H3. The van der Waals surface area contributed by atoms with E-state index in [4.69, 9.17) is 27.8 Å². The number of aliphatic hydroxyl groups excluding tert-OH is 1. The molecule has 1 aromatic heterocycles. The van der Waals surface area contributed by atoms with E-state index < -0.39 is 35.2 Å². The molecular weight excluding hydrogens is 420 g/mol. The van der Waals surface area contributed by atoms with Crippen LogP contribution in [0.2, 0.25) is 5.02 Å². The number of aromatic nitrogens is 1. The number of anilines is 1. The molecule has 0 spiro atoms. The summed E-state index contributed by atoms with van der Waals surface area (Å²) in [6.07, 6.45) is 1.14. The van der Waals surface area contributed by atoms with Gasteiger partial charge in [0.2, 0.25) is 5.43 Å². The van der Waals surface area contributed by atoms with Gasteiger partial charge in [-0.2, -0.15) is 0 Å². The largest absolute Gasteiger partial charge is 0.462 e. The predicted octanol–water partition coefficient (Wildman–Crippen LogP) is 2.63. The van der Waals surface area contributed by atoms with Crippen LogP contribution in [0, 0.1) is 11.6 Å². The number of carbonyl (C=O) groups excluding carboxylic acids is 1. The van der Waals surface area contributed by atoms with E-state index in [9.17, 15) is 23.5 Å². The Morgan fingerprint density at radius 2 is 1.97 bits per heavy atom. The van der Waals surface area contributed by atoms with E-state index >= 15 is 0 Å². The number of rotatable bonds is 5. The minimum Gasteiger partial charge on any atom is -0.462 e. The number of halogens is 3. The van der Waals surface area contributed by atoms with Crippen molar-refractivity contribution in [3.63, 3.8) is 0 Å². The zero-order chi connectivity index (χ0) is 22.2. The Morgan fingerprint density at radius 1 is 1.27 bits per heavy atom. The van der Waals surface area contributed by atoms with Gasteiger partial charge in [-0.15, -0.1) is 0 Å². The summed E-state index contributed by atoms with van der Waals surface area (Å²) in [6.45, 7) is 0.722. The molecule has 5 N–H and O–H groups in total. The average Bonchev–Trinajstić information content (AvgIpc) is 2.71. The Kier molecular flexibility index (Phi) is 6.06. The van der Waals surface area contributed by atoms with Gasteiger partial charge < -0.3 is 25.9 Å². The highest BCUT2D eigenvalue weighted by molar-refractivity contribution is 6.36. The number of hydrogen-bond acceptors (Lipinski definition) is 6. The fourth-order valence-electron chi connectivity index (χ4n) is 3.16. The van der Waals surface area contributed by atoms with Crippen LogP contribution in [0.25, 0.3) is 16.6 Å². The van der Waals surface area contributed by atoms with Crippen LogP contribution in [0.3, 0.4) is 0 Å². The molecule has 2 aromatic carbocycles. The van der Waals surface area contributed by atoms with E-state index in [1.165, 1.54) is 10.6 Å². The first-order chi connectivity index (χ1) is 14.2. The van der Waals surface area contributed by atoms with Gasteiger partial charge in [0.05, 0.1) is 40.5 Å². The average molecular weight is 438 g/mol. The van der Waals surface area contributed by atoms with Crippen molar-refractivity contribution in [2.24, 2.45) is 5.73 Å². The Labute approximate surface area is 174 Å². The number of esters is 1. The van der Waals surface area contributed by atoms with Crippen LogP contribution in [0.4, 0.5) is 14.5 Å². The molecule has 1 heterocycles. The normalized spacial score (nSPS) is 11.1. The van der Waals surface area contributed by atoms with Crippen molar-refractivity contribution in [2.75, 3.05) is 12.3 Å². The Morgan fingerprint density at radius 3 is 2.57 bits per heavy atom. The molecule has 0 saturated heterocycles. The highest BCUT2D eigenvalue weighted by Gasteiger charge is 2.23. The fourth-order valence-corrected chi connectivity index (χ4v) is 3.52. The number of aliphatic hydroxyl groups is 1. The fraction of sp³-hybridized carbons (Fsp3) is 0.200. The summed E-state index contributed by atoms with van der Waals surface area (Å²) in [4.78, 5) is 25.2. The molecule has 0 aliphatic heterocycles. The zero-order valence-electron chi connectivity index (χ0n) is 15.8. The number of nitrogen functional groups attached to an aromatic ring is 1. The van der Waals surface area contributed by atoms with Crippen molar-refractivity contribution in [3.8, 4) is 5.69 Å². The van der Waals surface area contributed by atoms with E-state index in [2.05, 4.69) is 0 Å². The van der Waals surface area contributed by atoms with Gasteiger partial charge in [0, 0.05) is 23.9 Å². The zero-order valence-corrected chi connectivity index (χ0v) is 16.6. The predicted molar refractivity (Wildman–Crippen MR) is 109 cm³/mol. The first-order valence-electron chi connectivity index (χ1n) is 8.87. The number of fused-ring (bicyclic) bond motifs is 1. The number of nitrogens with two attached hydrogens (primary N) is 2. The molecule has 0 unspecified atom stereocenters. The lowest BCUT2D eigenvalue weighted by atomic mass is 10.1. The van der Waals surface area contributed by atoms with Crippen molar-refractivity contribution in [1.29, 1.82) is 0 Å². The van der Waals surface area contributed by atoms with Gasteiger partial charge in [-0.1, -0.05) is 11.6 Å². The Bertz CT molecular complexity index is 1230. The SMILES string of the molecule is CCOC(=O)c1cn(-c2cc(N)c(F)cc2CO)c2c(Cl)c(CN)c(F)cc2c1=O. The number of benzene rings is 2. The van der Waals surface area contributed by atoms with E-state index in [1.807, 2.05) is 0 Å². The monoisotopic (exact) mass is 437 g/mol. The van der Waals surface area contributed by atoms with Crippen LogP contribution >= 0.6 is 11.6 Å². The molecule has 0 amide bonds. The van der Waals surface area contributed by atoms with Gasteiger partial charge >= 0.3 is 5.97 Å². The number of carbonyl (C=O) groups is 1. The second kappa shape index (κ2) is 8.39. The molecule has 0 fully saturated rings. The third-order valence-corrected chi connectivity index (χ3v) is 5.01. The lowest BCUT2D eigenvalue weighted by Crippen LogP contribution is -2.22. The van der Waals surface area contributed by atoms with Crippen molar-refractivity contribution < 1.29 is 23.4 Å². The van der Waals surface area contributed by atoms with Crippen LogP contribution in [-0.2, 0) is 17.9 Å². The molecule has 7 nitrogen and oxygen atoms in total. The summed E-state index contributed by atoms with van der Waals surface area (Å²) in [5.74, 6) is -2.52. The summed E-state index contributed by atoms with van der Waals surface area (Å²) >= 11 is 6.37. The molecule has 10 heteroatoms. The number of hydrogen-bond donors (Lipinski definition) is 3. The van der Waals surface area contributed by atoms with Crippen molar-refractivity contribution in [2.45, 2.75) is 20.1 Å². The molecular formula is C20H18ClF2N3O4. The summed E-state index contributed by atoms with van der Waals surface area (Å²) in [7, 11) is 0. The third-order valence-electron chi connectivity index (χ3n) is 4.60. The summed E-state index contributed by atoms with van der Waals surface area (Å²) in [5.41, 5.74) is 10.0. The van der Waals surface area contributed by atoms with Crippen LogP contribution in [0.1, 0.15) is 28.4 Å². The molecule has 0 aliphatic carbocycles. The molecule has 0 aliphatic rings. The van der Waals surface area contributed by atoms with Gasteiger partial charge in [0.1, 0.15) is 17.2 Å². The maximum Gasteiger partial charge on any atom is 0.343 e. The smallest absolute Gasteiger partial charge is 0.343 e. The Balaban J connectivity index is 2.55. The van der Waals surface area contributed by atoms with Gasteiger partial charge in [-0.3, -0.25) is 4.79 Å². The van der Waals surface area contributed by atoms with Gasteiger partial charge in [-0.05, 0) is 25.1 Å². The second-order valence-electron chi connectivity index (χ2n) is 6.37.